The van der Waals surface area contributed by atoms with E-state index in [4.69, 9.17) is 5.73 Å². The number of anilines is 2. The summed E-state index contributed by atoms with van der Waals surface area (Å²) >= 11 is 0. The third kappa shape index (κ3) is 3.26. The van der Waals surface area contributed by atoms with Gasteiger partial charge in [-0.1, -0.05) is 30.3 Å². The molecule has 0 aliphatic carbocycles. The molecule has 2 aromatic carbocycles. The standard InChI is InChI=1S/C23H21FN6O/c1-28-13-18(20-21(25)26-14-27-22(20)28)17-8-7-16(11-19(17)24)30-10-9-29(23(30)31)12-15-5-3-2-4-6-15/h2-8,11,13-14H,9-10,12H2,1H3,(H2,25,26,27). The minimum atomic E-state index is -0.428. The van der Waals surface area contributed by atoms with E-state index in [1.807, 2.05) is 37.4 Å². The van der Waals surface area contributed by atoms with Gasteiger partial charge in [-0.2, -0.15) is 0 Å². The first kappa shape index (κ1) is 19.0. The molecular weight excluding hydrogens is 395 g/mol. The number of fused-ring (bicyclic) bond motifs is 1. The summed E-state index contributed by atoms with van der Waals surface area (Å²) in [6, 6.07) is 14.5. The van der Waals surface area contributed by atoms with Gasteiger partial charge >= 0.3 is 6.03 Å². The molecule has 7 nitrogen and oxygen atoms in total. The van der Waals surface area contributed by atoms with Crippen LogP contribution in [0.25, 0.3) is 22.2 Å². The van der Waals surface area contributed by atoms with E-state index in [9.17, 15) is 4.79 Å². The fourth-order valence-corrected chi connectivity index (χ4v) is 4.10. The van der Waals surface area contributed by atoms with Crippen LogP contribution in [-0.4, -0.2) is 38.6 Å². The van der Waals surface area contributed by atoms with Gasteiger partial charge in [-0.15, -0.1) is 0 Å². The van der Waals surface area contributed by atoms with Gasteiger partial charge in [-0.3, -0.25) is 4.90 Å². The molecule has 2 amide bonds. The zero-order valence-corrected chi connectivity index (χ0v) is 17.0. The zero-order chi connectivity index (χ0) is 21.5. The summed E-state index contributed by atoms with van der Waals surface area (Å²) in [6.07, 6.45) is 3.18. The Balaban J connectivity index is 1.44. The lowest BCUT2D eigenvalue weighted by atomic mass is 10.0. The predicted molar refractivity (Wildman–Crippen MR) is 118 cm³/mol. The highest BCUT2D eigenvalue weighted by atomic mass is 19.1. The van der Waals surface area contributed by atoms with Crippen LogP contribution >= 0.6 is 0 Å². The van der Waals surface area contributed by atoms with Crippen molar-refractivity contribution < 1.29 is 9.18 Å². The number of aromatic nitrogens is 3. The average Bonchev–Trinajstić information content (AvgIpc) is 3.30. The molecule has 0 radical (unpaired) electrons. The third-order valence-electron chi connectivity index (χ3n) is 5.65. The number of hydrogen-bond donors (Lipinski definition) is 1. The number of urea groups is 1. The number of nitrogens with zero attached hydrogens (tertiary/aromatic N) is 5. The number of nitrogens with two attached hydrogens (primary N) is 1. The third-order valence-corrected chi connectivity index (χ3v) is 5.65. The Morgan fingerprint density at radius 1 is 1.06 bits per heavy atom. The number of hydrogen-bond acceptors (Lipinski definition) is 4. The fourth-order valence-electron chi connectivity index (χ4n) is 4.10. The number of benzene rings is 2. The van der Waals surface area contributed by atoms with E-state index < -0.39 is 5.82 Å². The SMILES string of the molecule is Cn1cc(-c2ccc(N3CCN(Cc4ccccc4)C3=O)cc2F)c2c(N)ncnc21. The number of nitrogen functional groups attached to an aromatic ring is 1. The Morgan fingerprint density at radius 3 is 2.65 bits per heavy atom. The topological polar surface area (TPSA) is 80.3 Å². The normalized spacial score (nSPS) is 14.1. The maximum atomic E-state index is 15.2. The summed E-state index contributed by atoms with van der Waals surface area (Å²) < 4.78 is 17.0. The summed E-state index contributed by atoms with van der Waals surface area (Å²) in [5.74, 6) is -0.127. The van der Waals surface area contributed by atoms with Crippen LogP contribution in [-0.2, 0) is 13.6 Å². The molecule has 0 bridgehead atoms. The molecule has 0 unspecified atom stereocenters. The molecule has 2 aromatic heterocycles. The predicted octanol–water partition coefficient (Wildman–Crippen LogP) is 3.80. The van der Waals surface area contributed by atoms with Crippen molar-refractivity contribution in [2.24, 2.45) is 7.05 Å². The van der Waals surface area contributed by atoms with Gasteiger partial charge in [-0.05, 0) is 23.8 Å². The highest BCUT2D eigenvalue weighted by molar-refractivity contribution is 6.01. The molecule has 156 valence electrons. The molecule has 0 atom stereocenters. The van der Waals surface area contributed by atoms with E-state index in [-0.39, 0.29) is 6.03 Å². The van der Waals surface area contributed by atoms with Crippen molar-refractivity contribution in [3.63, 3.8) is 0 Å². The lowest BCUT2D eigenvalue weighted by Crippen LogP contribution is -2.31. The van der Waals surface area contributed by atoms with Gasteiger partial charge in [0.05, 0.1) is 5.39 Å². The van der Waals surface area contributed by atoms with Crippen LogP contribution in [0, 0.1) is 5.82 Å². The molecule has 3 heterocycles. The molecule has 1 aliphatic heterocycles. The minimum absolute atomic E-state index is 0.126. The second-order valence-electron chi connectivity index (χ2n) is 7.62. The highest BCUT2D eigenvalue weighted by Gasteiger charge is 2.30. The van der Waals surface area contributed by atoms with E-state index in [0.717, 1.165) is 5.56 Å². The average molecular weight is 416 g/mol. The van der Waals surface area contributed by atoms with Crippen LogP contribution in [0.15, 0.2) is 61.1 Å². The van der Waals surface area contributed by atoms with Crippen LogP contribution in [0.1, 0.15) is 5.56 Å². The quantitative estimate of drug-likeness (QED) is 0.549. The van der Waals surface area contributed by atoms with Crippen molar-refractivity contribution in [3.05, 3.63) is 72.4 Å². The Kier molecular flexibility index (Phi) is 4.54. The Hall–Kier alpha value is -3.94. The maximum absolute atomic E-state index is 15.2. The van der Waals surface area contributed by atoms with Crippen LogP contribution < -0.4 is 10.6 Å². The first-order chi connectivity index (χ1) is 15.0. The lowest BCUT2D eigenvalue weighted by molar-refractivity contribution is 0.219. The van der Waals surface area contributed by atoms with Gasteiger partial charge in [0.2, 0.25) is 0 Å². The van der Waals surface area contributed by atoms with Crippen LogP contribution in [0.2, 0.25) is 0 Å². The second-order valence-corrected chi connectivity index (χ2v) is 7.62. The van der Waals surface area contributed by atoms with E-state index in [2.05, 4.69) is 9.97 Å². The van der Waals surface area contributed by atoms with Crippen molar-refractivity contribution >= 4 is 28.6 Å². The van der Waals surface area contributed by atoms with Crippen molar-refractivity contribution in [2.45, 2.75) is 6.54 Å². The first-order valence-electron chi connectivity index (χ1n) is 9.98. The molecule has 0 saturated carbocycles. The Bertz CT molecular complexity index is 1290. The fraction of sp³-hybridized carbons (Fsp3) is 0.174. The molecule has 2 N–H and O–H groups in total. The largest absolute Gasteiger partial charge is 0.383 e. The number of amides is 2. The zero-order valence-electron chi connectivity index (χ0n) is 17.0. The molecule has 31 heavy (non-hydrogen) atoms. The molecule has 0 spiro atoms. The number of carbonyl (C=O) groups is 1. The van der Waals surface area contributed by atoms with E-state index in [1.54, 1.807) is 32.7 Å². The maximum Gasteiger partial charge on any atom is 0.324 e. The Morgan fingerprint density at radius 2 is 1.87 bits per heavy atom. The number of halogens is 1. The van der Waals surface area contributed by atoms with Gasteiger partial charge in [0.25, 0.3) is 0 Å². The van der Waals surface area contributed by atoms with Gasteiger partial charge in [-0.25, -0.2) is 19.2 Å². The van der Waals surface area contributed by atoms with Crippen molar-refractivity contribution in [2.75, 3.05) is 23.7 Å². The van der Waals surface area contributed by atoms with Gasteiger partial charge < -0.3 is 15.2 Å². The van der Waals surface area contributed by atoms with Gasteiger partial charge in [0.15, 0.2) is 0 Å². The van der Waals surface area contributed by atoms with Crippen molar-refractivity contribution in [3.8, 4) is 11.1 Å². The van der Waals surface area contributed by atoms with Gasteiger partial charge in [0.1, 0.15) is 23.6 Å². The highest BCUT2D eigenvalue weighted by Crippen LogP contribution is 2.35. The van der Waals surface area contributed by atoms with Gasteiger partial charge in [0, 0.05) is 49.7 Å². The summed E-state index contributed by atoms with van der Waals surface area (Å²) in [6.45, 7) is 1.64. The van der Waals surface area contributed by atoms with Crippen molar-refractivity contribution in [1.82, 2.24) is 19.4 Å². The molecule has 1 aliphatic rings. The summed E-state index contributed by atoms with van der Waals surface area (Å²) in [4.78, 5) is 24.6. The summed E-state index contributed by atoms with van der Waals surface area (Å²) in [5, 5.41) is 0.614. The van der Waals surface area contributed by atoms with E-state index >= 15 is 4.39 Å². The molecule has 1 fully saturated rings. The Labute approximate surface area is 178 Å². The minimum Gasteiger partial charge on any atom is -0.383 e. The lowest BCUT2D eigenvalue weighted by Gasteiger charge is -2.19. The number of aryl methyl sites for hydroxylation is 1. The van der Waals surface area contributed by atoms with Crippen LogP contribution in [0.5, 0.6) is 0 Å². The van der Waals surface area contributed by atoms with E-state index in [1.165, 1.54) is 12.4 Å². The first-order valence-corrected chi connectivity index (χ1v) is 9.98. The summed E-state index contributed by atoms with van der Waals surface area (Å²) in [5.41, 5.74) is 9.29. The van der Waals surface area contributed by atoms with Crippen LogP contribution in [0.3, 0.4) is 0 Å². The monoisotopic (exact) mass is 416 g/mol. The molecule has 8 heteroatoms. The van der Waals surface area contributed by atoms with E-state index in [0.29, 0.717) is 53.3 Å². The number of rotatable bonds is 4. The molecular formula is C23H21FN6O. The molecule has 4 aromatic rings. The van der Waals surface area contributed by atoms with Crippen LogP contribution in [0.4, 0.5) is 20.7 Å². The molecule has 5 rings (SSSR count). The van der Waals surface area contributed by atoms with Crippen molar-refractivity contribution in [1.29, 1.82) is 0 Å². The molecule has 1 saturated heterocycles. The second kappa shape index (κ2) is 7.39. The number of carbonyl (C=O) groups excluding carboxylic acids is 1. The summed E-state index contributed by atoms with van der Waals surface area (Å²) in [7, 11) is 1.83. The smallest absolute Gasteiger partial charge is 0.324 e.